The molecule has 0 radical (unpaired) electrons. The number of nitrogens with one attached hydrogen (secondary N) is 1. The third-order valence-corrected chi connectivity index (χ3v) is 4.95. The zero-order valence-electron chi connectivity index (χ0n) is 15.6. The molecule has 0 atom stereocenters. The topological polar surface area (TPSA) is 86.1 Å². The van der Waals surface area contributed by atoms with E-state index in [1.54, 1.807) is 48.0 Å². The highest BCUT2D eigenvalue weighted by molar-refractivity contribution is 7.19. The lowest BCUT2D eigenvalue weighted by Crippen LogP contribution is -2.11. The fourth-order valence-electron chi connectivity index (χ4n) is 2.61. The maximum atomic E-state index is 12.4. The van der Waals surface area contributed by atoms with E-state index in [9.17, 15) is 9.59 Å². The summed E-state index contributed by atoms with van der Waals surface area (Å²) >= 11 is 1.32. The number of nitrogens with zero attached hydrogens (tertiary/aromatic N) is 3. The summed E-state index contributed by atoms with van der Waals surface area (Å²) < 4.78 is 6.71. The summed E-state index contributed by atoms with van der Waals surface area (Å²) in [4.78, 5) is 29.7. The smallest absolute Gasteiger partial charge is 0.358 e. The predicted molar refractivity (Wildman–Crippen MR) is 109 cm³/mol. The number of thiazole rings is 1. The van der Waals surface area contributed by atoms with Crippen molar-refractivity contribution >= 4 is 28.3 Å². The molecule has 0 saturated carbocycles. The number of hydrogen-bond donors (Lipinski definition) is 1. The second kappa shape index (κ2) is 8.62. The number of ether oxygens (including phenoxy) is 1. The van der Waals surface area contributed by atoms with Crippen molar-refractivity contribution in [2.45, 2.75) is 20.4 Å². The van der Waals surface area contributed by atoms with Gasteiger partial charge in [-0.3, -0.25) is 14.8 Å². The summed E-state index contributed by atoms with van der Waals surface area (Å²) in [5.41, 5.74) is 2.23. The molecule has 1 aromatic carbocycles. The lowest BCUT2D eigenvalue weighted by Gasteiger charge is -2.02. The number of aryl methyl sites for hydroxylation is 1. The molecule has 8 heteroatoms. The van der Waals surface area contributed by atoms with Gasteiger partial charge in [0.1, 0.15) is 0 Å². The van der Waals surface area contributed by atoms with E-state index in [1.807, 2.05) is 13.0 Å². The van der Waals surface area contributed by atoms with Crippen LogP contribution in [0.2, 0.25) is 0 Å². The molecular formula is C20H20N4O3S. The second-order valence-corrected chi connectivity index (χ2v) is 6.86. The van der Waals surface area contributed by atoms with E-state index in [-0.39, 0.29) is 18.2 Å². The normalized spacial score (nSPS) is 10.5. The lowest BCUT2D eigenvalue weighted by atomic mass is 10.2. The lowest BCUT2D eigenvalue weighted by molar-refractivity contribution is 0.0518. The SMILES string of the molecule is C=CCn1nc(C(=O)OCC)cc1-c1sc(NC(=O)c2ccccc2)nc1C. The van der Waals surface area contributed by atoms with Gasteiger partial charge < -0.3 is 4.74 Å². The monoisotopic (exact) mass is 396 g/mol. The minimum absolute atomic E-state index is 0.223. The maximum Gasteiger partial charge on any atom is 0.358 e. The van der Waals surface area contributed by atoms with Gasteiger partial charge in [0.25, 0.3) is 5.91 Å². The Labute approximate surface area is 166 Å². The second-order valence-electron chi connectivity index (χ2n) is 5.86. The number of amides is 1. The Bertz CT molecular complexity index is 1010. The summed E-state index contributed by atoms with van der Waals surface area (Å²) in [7, 11) is 0. The van der Waals surface area contributed by atoms with Gasteiger partial charge in [-0.1, -0.05) is 35.6 Å². The van der Waals surface area contributed by atoms with Crippen LogP contribution in [0.3, 0.4) is 0 Å². The molecule has 2 aromatic heterocycles. The quantitative estimate of drug-likeness (QED) is 0.483. The molecule has 0 unspecified atom stereocenters. The summed E-state index contributed by atoms with van der Waals surface area (Å²) in [5, 5.41) is 7.61. The molecular weight excluding hydrogens is 376 g/mol. The van der Waals surface area contributed by atoms with Crippen molar-refractivity contribution in [3.05, 3.63) is 66.0 Å². The van der Waals surface area contributed by atoms with Crippen LogP contribution >= 0.6 is 11.3 Å². The van der Waals surface area contributed by atoms with Gasteiger partial charge in [0.2, 0.25) is 0 Å². The number of rotatable bonds is 7. The van der Waals surface area contributed by atoms with Gasteiger partial charge in [0.05, 0.1) is 29.4 Å². The maximum absolute atomic E-state index is 12.4. The number of carbonyl (C=O) groups excluding carboxylic acids is 2. The minimum atomic E-state index is -0.480. The molecule has 0 spiro atoms. The van der Waals surface area contributed by atoms with Crippen LogP contribution in [0.25, 0.3) is 10.6 Å². The first-order chi connectivity index (χ1) is 13.5. The van der Waals surface area contributed by atoms with Gasteiger partial charge in [0, 0.05) is 5.56 Å². The van der Waals surface area contributed by atoms with E-state index in [0.29, 0.717) is 17.2 Å². The first-order valence-electron chi connectivity index (χ1n) is 8.73. The van der Waals surface area contributed by atoms with E-state index in [2.05, 4.69) is 22.0 Å². The fourth-order valence-corrected chi connectivity index (χ4v) is 3.59. The number of anilines is 1. The molecule has 0 aliphatic carbocycles. The Morgan fingerprint density at radius 3 is 2.75 bits per heavy atom. The molecule has 1 N–H and O–H groups in total. The van der Waals surface area contributed by atoms with Crippen molar-refractivity contribution in [2.75, 3.05) is 11.9 Å². The number of benzene rings is 1. The van der Waals surface area contributed by atoms with Crippen molar-refractivity contribution < 1.29 is 14.3 Å². The molecule has 3 aromatic rings. The van der Waals surface area contributed by atoms with Gasteiger partial charge >= 0.3 is 5.97 Å². The summed E-state index contributed by atoms with van der Waals surface area (Å²) in [5.74, 6) is -0.709. The minimum Gasteiger partial charge on any atom is -0.461 e. The van der Waals surface area contributed by atoms with Gasteiger partial charge in [-0.15, -0.1) is 6.58 Å². The van der Waals surface area contributed by atoms with Crippen LogP contribution in [0.1, 0.15) is 33.5 Å². The third kappa shape index (κ3) is 4.17. The van der Waals surface area contributed by atoms with Gasteiger partial charge in [-0.2, -0.15) is 5.10 Å². The van der Waals surface area contributed by atoms with Gasteiger partial charge in [-0.25, -0.2) is 9.78 Å². The molecule has 3 rings (SSSR count). The van der Waals surface area contributed by atoms with E-state index in [0.717, 1.165) is 16.3 Å². The van der Waals surface area contributed by atoms with Crippen LogP contribution in [0, 0.1) is 6.92 Å². The summed E-state index contributed by atoms with van der Waals surface area (Å²) in [6.45, 7) is 8.03. The largest absolute Gasteiger partial charge is 0.461 e. The zero-order valence-corrected chi connectivity index (χ0v) is 16.5. The average molecular weight is 396 g/mol. The van der Waals surface area contributed by atoms with Crippen LogP contribution in [0.15, 0.2) is 49.1 Å². The number of hydrogen-bond acceptors (Lipinski definition) is 6. The van der Waals surface area contributed by atoms with Crippen molar-refractivity contribution in [1.82, 2.24) is 14.8 Å². The highest BCUT2D eigenvalue weighted by Gasteiger charge is 2.20. The van der Waals surface area contributed by atoms with E-state index in [1.165, 1.54) is 11.3 Å². The molecule has 144 valence electrons. The van der Waals surface area contributed by atoms with Gasteiger partial charge in [0.15, 0.2) is 10.8 Å². The van der Waals surface area contributed by atoms with Crippen LogP contribution < -0.4 is 5.32 Å². The molecule has 0 saturated heterocycles. The standard InChI is InChI=1S/C20H20N4O3S/c1-4-11-24-16(12-15(23-24)19(26)27-5-2)17-13(3)21-20(28-17)22-18(25)14-9-7-6-8-10-14/h4,6-10,12H,1,5,11H2,2-3H3,(H,21,22,25). The van der Waals surface area contributed by atoms with E-state index in [4.69, 9.17) is 4.74 Å². The van der Waals surface area contributed by atoms with Crippen LogP contribution in [-0.2, 0) is 11.3 Å². The van der Waals surface area contributed by atoms with Crippen molar-refractivity contribution in [2.24, 2.45) is 0 Å². The first-order valence-corrected chi connectivity index (χ1v) is 9.55. The average Bonchev–Trinajstić information content (AvgIpc) is 3.26. The van der Waals surface area contributed by atoms with Gasteiger partial charge in [-0.05, 0) is 32.0 Å². The number of carbonyl (C=O) groups is 2. The molecule has 0 aliphatic heterocycles. The highest BCUT2D eigenvalue weighted by atomic mass is 32.1. The Balaban J connectivity index is 1.91. The highest BCUT2D eigenvalue weighted by Crippen LogP contribution is 2.33. The van der Waals surface area contributed by atoms with Crippen LogP contribution in [0.5, 0.6) is 0 Å². The molecule has 0 fully saturated rings. The van der Waals surface area contributed by atoms with E-state index < -0.39 is 5.97 Å². The Morgan fingerprint density at radius 1 is 1.32 bits per heavy atom. The zero-order chi connectivity index (χ0) is 20.1. The van der Waals surface area contributed by atoms with Crippen molar-refractivity contribution in [3.63, 3.8) is 0 Å². The van der Waals surface area contributed by atoms with Crippen molar-refractivity contribution in [3.8, 4) is 10.6 Å². The van der Waals surface area contributed by atoms with Crippen molar-refractivity contribution in [1.29, 1.82) is 0 Å². The molecule has 0 bridgehead atoms. The van der Waals surface area contributed by atoms with E-state index >= 15 is 0 Å². The Hall–Kier alpha value is -3.26. The molecule has 1 amide bonds. The Morgan fingerprint density at radius 2 is 2.07 bits per heavy atom. The number of allylic oxidation sites excluding steroid dienone is 1. The molecule has 0 aliphatic rings. The predicted octanol–water partition coefficient (Wildman–Crippen LogP) is 3.93. The summed E-state index contributed by atoms with van der Waals surface area (Å²) in [6.07, 6.45) is 1.69. The molecule has 2 heterocycles. The third-order valence-electron chi connectivity index (χ3n) is 3.85. The van der Waals surface area contributed by atoms with Crippen LogP contribution in [0.4, 0.5) is 5.13 Å². The fraction of sp³-hybridized carbons (Fsp3) is 0.200. The molecule has 28 heavy (non-hydrogen) atoms. The first kappa shape index (κ1) is 19.5. The Kier molecular flexibility index (Phi) is 6.00. The summed E-state index contributed by atoms with van der Waals surface area (Å²) in [6, 6.07) is 10.6. The van der Waals surface area contributed by atoms with Crippen LogP contribution in [-0.4, -0.2) is 33.2 Å². The molecule has 7 nitrogen and oxygen atoms in total. The number of aromatic nitrogens is 3. The number of esters is 1.